The number of nitrogens with one attached hydrogen (secondary N) is 1. The standard InChI is InChI=1S/C13H19NO2S/c1-10(2)7-8-14-13(16)9-17-12-6-4-3-5-11(12)15/h3-6,10,15H,7-9H2,1-2H3,(H,14,16). The van der Waals surface area contributed by atoms with Crippen molar-refractivity contribution < 1.29 is 9.90 Å². The molecule has 3 nitrogen and oxygen atoms in total. The SMILES string of the molecule is CC(C)CCNC(=O)CSc1ccccc1O. The predicted molar refractivity (Wildman–Crippen MR) is 71.3 cm³/mol. The molecule has 94 valence electrons. The maximum Gasteiger partial charge on any atom is 0.230 e. The van der Waals surface area contributed by atoms with Gasteiger partial charge in [0.25, 0.3) is 0 Å². The van der Waals surface area contributed by atoms with Crippen LogP contribution in [0.2, 0.25) is 0 Å². The fourth-order valence-corrected chi connectivity index (χ4v) is 2.05. The molecule has 0 atom stereocenters. The van der Waals surface area contributed by atoms with Gasteiger partial charge in [-0.05, 0) is 24.5 Å². The third kappa shape index (κ3) is 5.63. The summed E-state index contributed by atoms with van der Waals surface area (Å²) in [6.45, 7) is 4.98. The molecule has 0 saturated heterocycles. The summed E-state index contributed by atoms with van der Waals surface area (Å²) < 4.78 is 0. The van der Waals surface area contributed by atoms with Gasteiger partial charge in [0.1, 0.15) is 5.75 Å². The van der Waals surface area contributed by atoms with Gasteiger partial charge < -0.3 is 10.4 Å². The largest absolute Gasteiger partial charge is 0.507 e. The molecule has 0 aliphatic carbocycles. The van der Waals surface area contributed by atoms with Crippen molar-refractivity contribution in [2.75, 3.05) is 12.3 Å². The second-order valence-corrected chi connectivity index (χ2v) is 5.31. The lowest BCUT2D eigenvalue weighted by Gasteiger charge is -2.07. The van der Waals surface area contributed by atoms with Crippen LogP contribution in [0.3, 0.4) is 0 Å². The lowest BCUT2D eigenvalue weighted by Crippen LogP contribution is -2.26. The molecule has 1 rings (SSSR count). The minimum atomic E-state index is 0.0129. The Labute approximate surface area is 107 Å². The Bertz CT molecular complexity index is 366. The van der Waals surface area contributed by atoms with Crippen LogP contribution < -0.4 is 5.32 Å². The summed E-state index contributed by atoms with van der Waals surface area (Å²) >= 11 is 1.35. The molecule has 0 aromatic heterocycles. The third-order valence-electron chi connectivity index (χ3n) is 2.27. The van der Waals surface area contributed by atoms with Gasteiger partial charge in [-0.3, -0.25) is 4.79 Å². The molecule has 0 aliphatic heterocycles. The molecule has 1 aromatic carbocycles. The maximum absolute atomic E-state index is 11.5. The van der Waals surface area contributed by atoms with Crippen LogP contribution in [0.15, 0.2) is 29.2 Å². The molecule has 2 N–H and O–H groups in total. The Hall–Kier alpha value is -1.16. The summed E-state index contributed by atoms with van der Waals surface area (Å²) in [5, 5.41) is 12.4. The lowest BCUT2D eigenvalue weighted by molar-refractivity contribution is -0.118. The van der Waals surface area contributed by atoms with E-state index in [0.29, 0.717) is 11.7 Å². The summed E-state index contributed by atoms with van der Waals surface area (Å²) in [7, 11) is 0. The van der Waals surface area contributed by atoms with Crippen molar-refractivity contribution in [2.24, 2.45) is 5.92 Å². The second kappa shape index (κ2) is 7.22. The number of hydrogen-bond donors (Lipinski definition) is 2. The van der Waals surface area contributed by atoms with Crippen LogP contribution >= 0.6 is 11.8 Å². The number of amides is 1. The van der Waals surface area contributed by atoms with Crippen molar-refractivity contribution in [2.45, 2.75) is 25.2 Å². The third-order valence-corrected chi connectivity index (χ3v) is 3.33. The van der Waals surface area contributed by atoms with E-state index in [0.717, 1.165) is 17.9 Å². The van der Waals surface area contributed by atoms with Gasteiger partial charge >= 0.3 is 0 Å². The van der Waals surface area contributed by atoms with E-state index >= 15 is 0 Å². The monoisotopic (exact) mass is 253 g/mol. The zero-order chi connectivity index (χ0) is 12.7. The van der Waals surface area contributed by atoms with Crippen molar-refractivity contribution in [3.63, 3.8) is 0 Å². The van der Waals surface area contributed by atoms with E-state index in [1.165, 1.54) is 11.8 Å². The number of carbonyl (C=O) groups is 1. The first kappa shape index (κ1) is 13.9. The van der Waals surface area contributed by atoms with Crippen molar-refractivity contribution in [1.82, 2.24) is 5.32 Å². The van der Waals surface area contributed by atoms with E-state index in [2.05, 4.69) is 19.2 Å². The van der Waals surface area contributed by atoms with Gasteiger partial charge in [-0.25, -0.2) is 0 Å². The number of aromatic hydroxyl groups is 1. The smallest absolute Gasteiger partial charge is 0.230 e. The summed E-state index contributed by atoms with van der Waals surface area (Å²) in [6, 6.07) is 7.04. The van der Waals surface area contributed by atoms with Crippen LogP contribution in [0.5, 0.6) is 5.75 Å². The highest BCUT2D eigenvalue weighted by Crippen LogP contribution is 2.27. The predicted octanol–water partition coefficient (Wildman–Crippen LogP) is 2.65. The number of benzene rings is 1. The fourth-order valence-electron chi connectivity index (χ4n) is 1.27. The van der Waals surface area contributed by atoms with Crippen LogP contribution in [-0.4, -0.2) is 23.3 Å². The summed E-state index contributed by atoms with van der Waals surface area (Å²) in [5.74, 6) is 1.18. The zero-order valence-corrected chi connectivity index (χ0v) is 11.1. The van der Waals surface area contributed by atoms with Crippen LogP contribution in [-0.2, 0) is 4.79 Å². The van der Waals surface area contributed by atoms with Gasteiger partial charge in [0.15, 0.2) is 0 Å². The molecule has 0 fully saturated rings. The Morgan fingerprint density at radius 3 is 2.76 bits per heavy atom. The Kier molecular flexibility index (Phi) is 5.91. The van der Waals surface area contributed by atoms with E-state index in [1.54, 1.807) is 18.2 Å². The minimum absolute atomic E-state index is 0.0129. The van der Waals surface area contributed by atoms with Crippen molar-refractivity contribution in [3.05, 3.63) is 24.3 Å². The normalized spacial score (nSPS) is 10.5. The topological polar surface area (TPSA) is 49.3 Å². The van der Waals surface area contributed by atoms with Crippen molar-refractivity contribution in [3.8, 4) is 5.75 Å². The van der Waals surface area contributed by atoms with Gasteiger partial charge in [0.05, 0.1) is 5.75 Å². The van der Waals surface area contributed by atoms with E-state index in [4.69, 9.17) is 0 Å². The first-order valence-electron chi connectivity index (χ1n) is 5.77. The van der Waals surface area contributed by atoms with Gasteiger partial charge in [-0.1, -0.05) is 26.0 Å². The van der Waals surface area contributed by atoms with Crippen molar-refractivity contribution >= 4 is 17.7 Å². The van der Waals surface area contributed by atoms with Crippen LogP contribution in [0.25, 0.3) is 0 Å². The van der Waals surface area contributed by atoms with E-state index in [1.807, 2.05) is 6.07 Å². The molecule has 0 spiro atoms. The van der Waals surface area contributed by atoms with Crippen LogP contribution in [0.4, 0.5) is 0 Å². The molecule has 17 heavy (non-hydrogen) atoms. The average molecular weight is 253 g/mol. The Balaban J connectivity index is 2.26. The lowest BCUT2D eigenvalue weighted by atomic mass is 10.1. The highest BCUT2D eigenvalue weighted by Gasteiger charge is 2.05. The fraction of sp³-hybridized carbons (Fsp3) is 0.462. The zero-order valence-electron chi connectivity index (χ0n) is 10.3. The summed E-state index contributed by atoms with van der Waals surface area (Å²) in [6.07, 6.45) is 0.993. The van der Waals surface area contributed by atoms with Gasteiger partial charge in [-0.2, -0.15) is 0 Å². The average Bonchev–Trinajstić information content (AvgIpc) is 2.27. The Morgan fingerprint density at radius 1 is 1.41 bits per heavy atom. The highest BCUT2D eigenvalue weighted by atomic mass is 32.2. The molecule has 0 aliphatic rings. The quantitative estimate of drug-likeness (QED) is 0.766. The van der Waals surface area contributed by atoms with Crippen LogP contribution in [0, 0.1) is 5.92 Å². The molecule has 0 radical (unpaired) electrons. The molecular formula is C13H19NO2S. The number of phenolic OH excluding ortho intramolecular Hbond substituents is 1. The van der Waals surface area contributed by atoms with Crippen molar-refractivity contribution in [1.29, 1.82) is 0 Å². The second-order valence-electron chi connectivity index (χ2n) is 4.29. The molecule has 4 heteroatoms. The number of hydrogen-bond acceptors (Lipinski definition) is 3. The number of carbonyl (C=O) groups excluding carboxylic acids is 1. The summed E-state index contributed by atoms with van der Waals surface area (Å²) in [5.41, 5.74) is 0. The summed E-state index contributed by atoms with van der Waals surface area (Å²) in [4.78, 5) is 12.2. The molecule has 1 aromatic rings. The minimum Gasteiger partial charge on any atom is -0.507 e. The molecule has 0 bridgehead atoms. The highest BCUT2D eigenvalue weighted by molar-refractivity contribution is 8.00. The molecule has 1 amide bonds. The molecule has 0 heterocycles. The number of thioether (sulfide) groups is 1. The maximum atomic E-state index is 11.5. The van der Waals surface area contributed by atoms with Gasteiger partial charge in [0.2, 0.25) is 5.91 Å². The number of phenols is 1. The van der Waals surface area contributed by atoms with Gasteiger partial charge in [-0.15, -0.1) is 11.8 Å². The van der Waals surface area contributed by atoms with Gasteiger partial charge in [0, 0.05) is 11.4 Å². The molecule has 0 unspecified atom stereocenters. The van der Waals surface area contributed by atoms with E-state index in [9.17, 15) is 9.90 Å². The number of rotatable bonds is 6. The molecule has 0 saturated carbocycles. The first-order valence-corrected chi connectivity index (χ1v) is 6.75. The van der Waals surface area contributed by atoms with Crippen LogP contribution in [0.1, 0.15) is 20.3 Å². The molecular weight excluding hydrogens is 234 g/mol. The van der Waals surface area contributed by atoms with E-state index < -0.39 is 0 Å². The Morgan fingerprint density at radius 2 is 2.12 bits per heavy atom. The first-order chi connectivity index (χ1) is 8.09. The number of para-hydroxylation sites is 1. The van der Waals surface area contributed by atoms with E-state index in [-0.39, 0.29) is 11.7 Å².